The van der Waals surface area contributed by atoms with Gasteiger partial charge in [0.15, 0.2) is 0 Å². The van der Waals surface area contributed by atoms with E-state index >= 15 is 0 Å². The summed E-state index contributed by atoms with van der Waals surface area (Å²) in [5.74, 6) is 0.730. The fraction of sp³-hybridized carbons (Fsp3) is 0.368. The summed E-state index contributed by atoms with van der Waals surface area (Å²) in [6.45, 7) is 5.02. The largest absolute Gasteiger partial charge is 0.342 e. The topological polar surface area (TPSA) is 45.2 Å². The minimum Gasteiger partial charge on any atom is -0.342 e. The van der Waals surface area contributed by atoms with Crippen LogP contribution in [0.2, 0.25) is 0 Å². The van der Waals surface area contributed by atoms with Crippen molar-refractivity contribution >= 4 is 17.4 Å². The van der Waals surface area contributed by atoms with Crippen LogP contribution in [0.5, 0.6) is 0 Å². The predicted octanol–water partition coefficient (Wildman–Crippen LogP) is 4.26. The van der Waals surface area contributed by atoms with Crippen LogP contribution in [-0.2, 0) is 6.42 Å². The second-order valence-electron chi connectivity index (χ2n) is 5.65. The average Bonchev–Trinajstić information content (AvgIpc) is 2.59. The van der Waals surface area contributed by atoms with E-state index in [1.807, 2.05) is 31.3 Å². The fourth-order valence-corrected chi connectivity index (χ4v) is 2.44. The number of pyridine rings is 1. The third-order valence-electron chi connectivity index (χ3n) is 3.86. The van der Waals surface area contributed by atoms with Crippen LogP contribution in [-0.4, -0.2) is 29.4 Å². The molecule has 0 saturated carbocycles. The number of unbranched alkanes of at least 4 members (excludes halogenated alkanes) is 1. The molecule has 0 radical (unpaired) electrons. The van der Waals surface area contributed by atoms with E-state index in [1.54, 1.807) is 17.2 Å². The van der Waals surface area contributed by atoms with Gasteiger partial charge >= 0.3 is 0 Å². The summed E-state index contributed by atoms with van der Waals surface area (Å²) in [6, 6.07) is 11.7. The molecule has 122 valence electrons. The molecule has 0 aliphatic carbocycles. The van der Waals surface area contributed by atoms with Crippen LogP contribution in [0.15, 0.2) is 42.6 Å². The Balaban J connectivity index is 2.15. The molecule has 23 heavy (non-hydrogen) atoms. The summed E-state index contributed by atoms with van der Waals surface area (Å²) >= 11 is 0. The van der Waals surface area contributed by atoms with E-state index in [-0.39, 0.29) is 5.91 Å². The number of aryl methyl sites for hydroxylation is 1. The summed E-state index contributed by atoms with van der Waals surface area (Å²) in [6.07, 6.45) is 4.72. The number of para-hydroxylation sites is 1. The first-order valence-corrected chi connectivity index (χ1v) is 8.22. The number of carbonyl (C=O) groups excluding carboxylic acids is 1. The van der Waals surface area contributed by atoms with Gasteiger partial charge in [-0.15, -0.1) is 0 Å². The van der Waals surface area contributed by atoms with Crippen molar-refractivity contribution in [3.63, 3.8) is 0 Å². The highest BCUT2D eigenvalue weighted by Gasteiger charge is 2.12. The Morgan fingerprint density at radius 3 is 2.74 bits per heavy atom. The van der Waals surface area contributed by atoms with Gasteiger partial charge in [0.25, 0.3) is 5.91 Å². The molecule has 1 aromatic carbocycles. The Labute approximate surface area is 138 Å². The van der Waals surface area contributed by atoms with Crippen LogP contribution >= 0.6 is 0 Å². The van der Waals surface area contributed by atoms with E-state index in [0.717, 1.165) is 31.5 Å². The quantitative estimate of drug-likeness (QED) is 0.831. The number of benzene rings is 1. The van der Waals surface area contributed by atoms with Crippen molar-refractivity contribution in [2.45, 2.75) is 33.1 Å². The number of anilines is 2. The molecule has 0 saturated heterocycles. The number of rotatable bonds is 7. The first-order chi connectivity index (χ1) is 11.2. The number of hydrogen-bond donors (Lipinski definition) is 1. The van der Waals surface area contributed by atoms with Gasteiger partial charge in [0.1, 0.15) is 5.82 Å². The average molecular weight is 311 g/mol. The molecular weight excluding hydrogens is 286 g/mol. The Kier molecular flexibility index (Phi) is 6.15. The molecule has 4 heteroatoms. The Hall–Kier alpha value is -2.36. The molecule has 0 spiro atoms. The van der Waals surface area contributed by atoms with Crippen molar-refractivity contribution < 1.29 is 4.79 Å². The van der Waals surface area contributed by atoms with E-state index in [1.165, 1.54) is 5.56 Å². The van der Waals surface area contributed by atoms with Gasteiger partial charge in [0, 0.05) is 31.0 Å². The van der Waals surface area contributed by atoms with Crippen LogP contribution in [0.3, 0.4) is 0 Å². The van der Waals surface area contributed by atoms with Gasteiger partial charge in [-0.25, -0.2) is 4.98 Å². The molecule has 1 heterocycles. The normalized spacial score (nSPS) is 10.4. The van der Waals surface area contributed by atoms with Crippen LogP contribution < -0.4 is 5.32 Å². The van der Waals surface area contributed by atoms with Crippen LogP contribution in [0, 0.1) is 0 Å². The standard InChI is InChI=1S/C19H25N3O/c1-4-6-13-22(3)19(23)16-11-12-20-18(14-16)21-17-10-8-7-9-15(17)5-2/h7-12,14H,4-6,13H2,1-3H3,(H,20,21). The van der Waals surface area contributed by atoms with E-state index < -0.39 is 0 Å². The maximum Gasteiger partial charge on any atom is 0.253 e. The third kappa shape index (κ3) is 4.55. The number of hydrogen-bond acceptors (Lipinski definition) is 3. The zero-order valence-corrected chi connectivity index (χ0v) is 14.2. The highest BCUT2D eigenvalue weighted by Crippen LogP contribution is 2.20. The summed E-state index contributed by atoms with van der Waals surface area (Å²) in [5.41, 5.74) is 2.92. The van der Waals surface area contributed by atoms with Crippen LogP contribution in [0.4, 0.5) is 11.5 Å². The number of amides is 1. The van der Waals surface area contributed by atoms with Gasteiger partial charge in [-0.05, 0) is 36.6 Å². The first kappa shape index (κ1) is 17.0. The number of aromatic nitrogens is 1. The van der Waals surface area contributed by atoms with Gasteiger partial charge < -0.3 is 10.2 Å². The first-order valence-electron chi connectivity index (χ1n) is 8.22. The summed E-state index contributed by atoms with van der Waals surface area (Å²) in [4.78, 5) is 18.5. The minimum atomic E-state index is 0.0349. The van der Waals surface area contributed by atoms with E-state index in [4.69, 9.17) is 0 Å². The number of carbonyl (C=O) groups is 1. The molecule has 0 atom stereocenters. The zero-order chi connectivity index (χ0) is 16.7. The molecule has 4 nitrogen and oxygen atoms in total. The number of nitrogens with zero attached hydrogens (tertiary/aromatic N) is 2. The molecule has 2 rings (SSSR count). The molecule has 1 aromatic heterocycles. The lowest BCUT2D eigenvalue weighted by molar-refractivity contribution is 0.0793. The number of nitrogens with one attached hydrogen (secondary N) is 1. The molecule has 1 amide bonds. The van der Waals surface area contributed by atoms with Gasteiger partial charge in [0.05, 0.1) is 0 Å². The van der Waals surface area contributed by atoms with E-state index in [9.17, 15) is 4.79 Å². The summed E-state index contributed by atoms with van der Waals surface area (Å²) in [5, 5.41) is 3.32. The molecule has 1 N–H and O–H groups in total. The van der Waals surface area contributed by atoms with E-state index in [0.29, 0.717) is 11.4 Å². The third-order valence-corrected chi connectivity index (χ3v) is 3.86. The van der Waals surface area contributed by atoms with Gasteiger partial charge in [0.2, 0.25) is 0 Å². The maximum atomic E-state index is 12.4. The van der Waals surface area contributed by atoms with E-state index in [2.05, 4.69) is 30.2 Å². The Morgan fingerprint density at radius 1 is 1.22 bits per heavy atom. The van der Waals surface area contributed by atoms with Crippen molar-refractivity contribution in [1.29, 1.82) is 0 Å². The lowest BCUT2D eigenvalue weighted by Crippen LogP contribution is -2.27. The van der Waals surface area contributed by atoms with Crippen molar-refractivity contribution in [3.05, 3.63) is 53.7 Å². The SMILES string of the molecule is CCCCN(C)C(=O)c1ccnc(Nc2ccccc2CC)c1. The molecule has 0 bridgehead atoms. The smallest absolute Gasteiger partial charge is 0.253 e. The van der Waals surface area contributed by atoms with Crippen LogP contribution in [0.25, 0.3) is 0 Å². The maximum absolute atomic E-state index is 12.4. The lowest BCUT2D eigenvalue weighted by atomic mass is 10.1. The van der Waals surface area contributed by atoms with Gasteiger partial charge in [-0.2, -0.15) is 0 Å². The fourth-order valence-electron chi connectivity index (χ4n) is 2.44. The van der Waals surface area contributed by atoms with Crippen molar-refractivity contribution in [2.24, 2.45) is 0 Å². The molecular formula is C19H25N3O. The molecule has 0 aliphatic rings. The zero-order valence-electron chi connectivity index (χ0n) is 14.2. The Bertz CT molecular complexity index is 655. The summed E-state index contributed by atoms with van der Waals surface area (Å²) in [7, 11) is 1.85. The van der Waals surface area contributed by atoms with Gasteiger partial charge in [-0.3, -0.25) is 4.79 Å². The van der Waals surface area contributed by atoms with Crippen molar-refractivity contribution in [3.8, 4) is 0 Å². The summed E-state index contributed by atoms with van der Waals surface area (Å²) < 4.78 is 0. The predicted molar refractivity (Wildman–Crippen MR) is 95.2 cm³/mol. The monoisotopic (exact) mass is 311 g/mol. The molecule has 2 aromatic rings. The highest BCUT2D eigenvalue weighted by molar-refractivity contribution is 5.94. The second kappa shape index (κ2) is 8.32. The highest BCUT2D eigenvalue weighted by atomic mass is 16.2. The van der Waals surface area contributed by atoms with Gasteiger partial charge in [-0.1, -0.05) is 38.5 Å². The van der Waals surface area contributed by atoms with Crippen molar-refractivity contribution in [2.75, 3.05) is 18.9 Å². The molecule has 0 unspecified atom stereocenters. The lowest BCUT2D eigenvalue weighted by Gasteiger charge is -2.17. The minimum absolute atomic E-state index is 0.0349. The van der Waals surface area contributed by atoms with Crippen molar-refractivity contribution in [1.82, 2.24) is 9.88 Å². The molecule has 0 fully saturated rings. The van der Waals surface area contributed by atoms with Crippen LogP contribution in [0.1, 0.15) is 42.6 Å². The molecule has 0 aliphatic heterocycles. The Morgan fingerprint density at radius 2 is 2.00 bits per heavy atom. The second-order valence-corrected chi connectivity index (χ2v) is 5.65.